The lowest BCUT2D eigenvalue weighted by molar-refractivity contribution is -0.123. The molecule has 0 spiro atoms. The fraction of sp³-hybridized carbons (Fsp3) is 0.381. The molecule has 4 rings (SSSR count). The van der Waals surface area contributed by atoms with Crippen LogP contribution in [0.3, 0.4) is 0 Å². The van der Waals surface area contributed by atoms with E-state index < -0.39 is 5.54 Å². The fourth-order valence-corrected chi connectivity index (χ4v) is 3.62. The van der Waals surface area contributed by atoms with Crippen LogP contribution in [-0.4, -0.2) is 42.3 Å². The summed E-state index contributed by atoms with van der Waals surface area (Å²) in [5, 5.41) is 8.27. The SMILES string of the molecule is Cc1cccc(CN2C(=O)N(c3cnn(Cc4c(C)noc4C)c3)C(=O)C2(C)C)n1. The number of aromatic nitrogens is 4. The van der Waals surface area contributed by atoms with Crippen molar-refractivity contribution in [2.45, 2.75) is 53.2 Å². The molecule has 0 aromatic carbocycles. The van der Waals surface area contributed by atoms with Gasteiger partial charge in [-0.25, -0.2) is 9.69 Å². The van der Waals surface area contributed by atoms with E-state index in [9.17, 15) is 9.59 Å². The van der Waals surface area contributed by atoms with Crippen molar-refractivity contribution in [1.82, 2.24) is 24.8 Å². The number of amides is 3. The first-order valence-corrected chi connectivity index (χ1v) is 9.71. The van der Waals surface area contributed by atoms with Crippen molar-refractivity contribution in [3.05, 3.63) is 59.0 Å². The molecule has 0 saturated carbocycles. The van der Waals surface area contributed by atoms with Gasteiger partial charge in [0.05, 0.1) is 36.4 Å². The van der Waals surface area contributed by atoms with Crippen LogP contribution in [0.4, 0.5) is 10.5 Å². The van der Waals surface area contributed by atoms with Gasteiger partial charge >= 0.3 is 6.03 Å². The van der Waals surface area contributed by atoms with E-state index in [0.29, 0.717) is 12.2 Å². The summed E-state index contributed by atoms with van der Waals surface area (Å²) in [5.41, 5.74) is 2.75. The third-order valence-electron chi connectivity index (χ3n) is 5.47. The van der Waals surface area contributed by atoms with E-state index in [-0.39, 0.29) is 18.5 Å². The summed E-state index contributed by atoms with van der Waals surface area (Å²) in [7, 11) is 0. The van der Waals surface area contributed by atoms with Gasteiger partial charge < -0.3 is 9.42 Å². The molecule has 156 valence electrons. The molecule has 9 heteroatoms. The molecule has 30 heavy (non-hydrogen) atoms. The van der Waals surface area contributed by atoms with Crippen molar-refractivity contribution >= 4 is 17.6 Å². The summed E-state index contributed by atoms with van der Waals surface area (Å²) in [4.78, 5) is 33.5. The van der Waals surface area contributed by atoms with E-state index >= 15 is 0 Å². The lowest BCUT2D eigenvalue weighted by Crippen LogP contribution is -2.43. The molecule has 0 bridgehead atoms. The zero-order valence-electron chi connectivity index (χ0n) is 17.7. The first-order valence-electron chi connectivity index (χ1n) is 9.71. The van der Waals surface area contributed by atoms with Gasteiger partial charge in [-0.2, -0.15) is 5.10 Å². The Balaban J connectivity index is 1.60. The quantitative estimate of drug-likeness (QED) is 0.602. The van der Waals surface area contributed by atoms with E-state index in [4.69, 9.17) is 4.52 Å². The maximum atomic E-state index is 13.2. The smallest absolute Gasteiger partial charge is 0.332 e. The van der Waals surface area contributed by atoms with Crippen molar-refractivity contribution < 1.29 is 14.1 Å². The summed E-state index contributed by atoms with van der Waals surface area (Å²) < 4.78 is 6.86. The van der Waals surface area contributed by atoms with Gasteiger partial charge in [0.2, 0.25) is 0 Å². The number of urea groups is 1. The number of nitrogens with zero attached hydrogens (tertiary/aromatic N) is 6. The second-order valence-corrected chi connectivity index (χ2v) is 8.04. The molecule has 0 unspecified atom stereocenters. The van der Waals surface area contributed by atoms with Crippen LogP contribution in [0, 0.1) is 20.8 Å². The maximum Gasteiger partial charge on any atom is 0.332 e. The summed E-state index contributed by atoms with van der Waals surface area (Å²) in [6, 6.07) is 5.25. The normalized spacial score (nSPS) is 16.0. The van der Waals surface area contributed by atoms with Crippen molar-refractivity contribution in [1.29, 1.82) is 0 Å². The zero-order valence-corrected chi connectivity index (χ0v) is 17.7. The number of hydrogen-bond donors (Lipinski definition) is 0. The molecule has 3 aromatic rings. The molecule has 0 atom stereocenters. The highest BCUT2D eigenvalue weighted by Crippen LogP contribution is 2.33. The van der Waals surface area contributed by atoms with Crippen LogP contribution in [0.25, 0.3) is 0 Å². The molecule has 1 fully saturated rings. The second kappa shape index (κ2) is 7.08. The lowest BCUT2D eigenvalue weighted by Gasteiger charge is -2.27. The monoisotopic (exact) mass is 408 g/mol. The first kappa shape index (κ1) is 19.8. The van der Waals surface area contributed by atoms with E-state index in [1.165, 1.54) is 11.1 Å². The molecule has 4 heterocycles. The largest absolute Gasteiger partial charge is 0.361 e. The molecule has 0 N–H and O–H groups in total. The van der Waals surface area contributed by atoms with Crippen LogP contribution in [0.5, 0.6) is 0 Å². The van der Waals surface area contributed by atoms with Crippen LogP contribution in [0.2, 0.25) is 0 Å². The minimum atomic E-state index is -0.994. The molecular formula is C21H24N6O3. The molecule has 3 amide bonds. The second-order valence-electron chi connectivity index (χ2n) is 8.04. The number of pyridine rings is 1. The molecule has 1 aliphatic rings. The number of rotatable bonds is 5. The first-order chi connectivity index (χ1) is 14.2. The number of hydrogen-bond acceptors (Lipinski definition) is 6. The Morgan fingerprint density at radius 1 is 1.10 bits per heavy atom. The summed E-state index contributed by atoms with van der Waals surface area (Å²) >= 11 is 0. The van der Waals surface area contributed by atoms with Gasteiger partial charge in [-0.1, -0.05) is 11.2 Å². The van der Waals surface area contributed by atoms with Gasteiger partial charge in [0.15, 0.2) is 0 Å². The Morgan fingerprint density at radius 3 is 2.53 bits per heavy atom. The van der Waals surface area contributed by atoms with Gasteiger partial charge in [-0.3, -0.25) is 14.5 Å². The van der Waals surface area contributed by atoms with Gasteiger partial charge in [0.25, 0.3) is 5.91 Å². The minimum Gasteiger partial charge on any atom is -0.361 e. The van der Waals surface area contributed by atoms with E-state index in [1.807, 2.05) is 39.0 Å². The Morgan fingerprint density at radius 2 is 1.87 bits per heavy atom. The molecular weight excluding hydrogens is 384 g/mol. The Bertz CT molecular complexity index is 1110. The van der Waals surface area contributed by atoms with Crippen LogP contribution in [0.1, 0.15) is 42.3 Å². The minimum absolute atomic E-state index is 0.253. The van der Waals surface area contributed by atoms with E-state index in [1.54, 1.807) is 29.6 Å². The molecule has 0 radical (unpaired) electrons. The fourth-order valence-electron chi connectivity index (χ4n) is 3.62. The topological polar surface area (TPSA) is 97.4 Å². The number of imide groups is 1. The number of anilines is 1. The molecule has 1 saturated heterocycles. The van der Waals surface area contributed by atoms with Crippen molar-refractivity contribution in [2.75, 3.05) is 4.90 Å². The lowest BCUT2D eigenvalue weighted by atomic mass is 10.0. The summed E-state index contributed by atoms with van der Waals surface area (Å²) in [6.07, 6.45) is 3.21. The number of carbonyl (C=O) groups is 2. The highest BCUT2D eigenvalue weighted by atomic mass is 16.5. The van der Waals surface area contributed by atoms with Gasteiger partial charge in [-0.15, -0.1) is 0 Å². The standard InChI is InChI=1S/C21H24N6O3/c1-13-7-6-8-16(23-13)10-26-20(29)27(19(28)21(26,4)5)17-9-22-25(11-17)12-18-14(2)24-30-15(18)3/h6-9,11H,10,12H2,1-5H3. The number of carbonyl (C=O) groups excluding carboxylic acids is 2. The summed E-state index contributed by atoms with van der Waals surface area (Å²) in [6.45, 7) is 9.79. The zero-order chi connectivity index (χ0) is 21.6. The highest BCUT2D eigenvalue weighted by molar-refractivity contribution is 6.22. The average molecular weight is 408 g/mol. The molecule has 9 nitrogen and oxygen atoms in total. The molecule has 0 aliphatic carbocycles. The Hall–Kier alpha value is -3.49. The van der Waals surface area contributed by atoms with Crippen LogP contribution < -0.4 is 4.90 Å². The predicted molar refractivity (Wildman–Crippen MR) is 109 cm³/mol. The molecule has 3 aromatic heterocycles. The average Bonchev–Trinajstić information content (AvgIpc) is 3.31. The number of aryl methyl sites for hydroxylation is 3. The van der Waals surface area contributed by atoms with Crippen molar-refractivity contribution in [3.8, 4) is 0 Å². The Kier molecular flexibility index (Phi) is 4.68. The Labute approximate surface area is 174 Å². The maximum absolute atomic E-state index is 13.2. The van der Waals surface area contributed by atoms with Gasteiger partial charge in [-0.05, 0) is 46.8 Å². The van der Waals surface area contributed by atoms with Crippen LogP contribution in [0.15, 0.2) is 35.1 Å². The third-order valence-corrected chi connectivity index (χ3v) is 5.47. The van der Waals surface area contributed by atoms with Gasteiger partial charge in [0, 0.05) is 17.5 Å². The van der Waals surface area contributed by atoms with Crippen LogP contribution in [-0.2, 0) is 17.9 Å². The van der Waals surface area contributed by atoms with Crippen molar-refractivity contribution in [3.63, 3.8) is 0 Å². The van der Waals surface area contributed by atoms with Gasteiger partial charge in [0.1, 0.15) is 11.3 Å². The van der Waals surface area contributed by atoms with E-state index in [0.717, 1.165) is 28.4 Å². The van der Waals surface area contributed by atoms with E-state index in [2.05, 4.69) is 15.2 Å². The summed E-state index contributed by atoms with van der Waals surface area (Å²) in [5.74, 6) is 0.424. The molecule has 1 aliphatic heterocycles. The van der Waals surface area contributed by atoms with Crippen LogP contribution >= 0.6 is 0 Å². The highest BCUT2D eigenvalue weighted by Gasteiger charge is 2.52. The third kappa shape index (κ3) is 3.26. The van der Waals surface area contributed by atoms with Crippen molar-refractivity contribution in [2.24, 2.45) is 0 Å². The predicted octanol–water partition coefficient (Wildman–Crippen LogP) is 2.99.